The van der Waals surface area contributed by atoms with Crippen LogP contribution in [0.1, 0.15) is 25.1 Å². The lowest BCUT2D eigenvalue weighted by atomic mass is 10.1. The summed E-state index contributed by atoms with van der Waals surface area (Å²) in [5.41, 5.74) is 8.13. The van der Waals surface area contributed by atoms with Crippen LogP contribution in [0.25, 0.3) is 11.0 Å². The number of rotatable bonds is 4. The summed E-state index contributed by atoms with van der Waals surface area (Å²) >= 11 is 2.29. The molecule has 0 saturated carbocycles. The molecule has 0 aliphatic carbocycles. The van der Waals surface area contributed by atoms with Gasteiger partial charge in [-0.05, 0) is 66.3 Å². The van der Waals surface area contributed by atoms with Crippen molar-refractivity contribution in [3.8, 4) is 0 Å². The molecule has 0 radical (unpaired) electrons. The molecule has 2 N–H and O–H groups in total. The quantitative estimate of drug-likeness (QED) is 0.695. The first kappa shape index (κ1) is 13.5. The van der Waals surface area contributed by atoms with Gasteiger partial charge >= 0.3 is 0 Å². The number of nitrogen functional groups attached to an aromatic ring is 1. The summed E-state index contributed by atoms with van der Waals surface area (Å²) in [4.78, 5) is 4.45. The van der Waals surface area contributed by atoms with Gasteiger partial charge in [-0.1, -0.05) is 0 Å². The molecule has 0 amide bonds. The van der Waals surface area contributed by atoms with E-state index in [9.17, 15) is 0 Å². The number of anilines is 1. The normalized spacial score (nSPS) is 12.9. The summed E-state index contributed by atoms with van der Waals surface area (Å²) in [6, 6.07) is 10.4. The molecular formula is C15H16IN3O. The molecule has 1 aromatic carbocycles. The fraction of sp³-hybridized carbons (Fsp3) is 0.267. The van der Waals surface area contributed by atoms with Crippen LogP contribution in [0, 0.1) is 3.57 Å². The average Bonchev–Trinajstić information content (AvgIpc) is 3.02. The van der Waals surface area contributed by atoms with Gasteiger partial charge in [0.2, 0.25) is 5.95 Å². The Kier molecular flexibility index (Phi) is 3.69. The molecule has 0 saturated heterocycles. The minimum absolute atomic E-state index is 0.283. The maximum atomic E-state index is 6.08. The number of fused-ring (bicyclic) bond motifs is 1. The molecule has 0 aliphatic rings. The predicted octanol–water partition coefficient (Wildman–Crippen LogP) is 4.01. The number of aromatic nitrogens is 2. The van der Waals surface area contributed by atoms with E-state index in [0.717, 1.165) is 29.6 Å². The standard InChI is InChI=1S/C15H16IN3O/c1-10(4-6-12-3-2-8-20-12)19-14-7-5-11(16)9-13(14)18-15(19)17/h2-3,5,7-10H,4,6H2,1H3,(H2,17,18). The van der Waals surface area contributed by atoms with Crippen LogP contribution in [-0.2, 0) is 6.42 Å². The van der Waals surface area contributed by atoms with E-state index < -0.39 is 0 Å². The molecule has 0 spiro atoms. The van der Waals surface area contributed by atoms with E-state index in [1.54, 1.807) is 6.26 Å². The van der Waals surface area contributed by atoms with Gasteiger partial charge < -0.3 is 14.7 Å². The lowest BCUT2D eigenvalue weighted by Crippen LogP contribution is -2.09. The number of aryl methyl sites for hydroxylation is 1. The van der Waals surface area contributed by atoms with Crippen LogP contribution >= 0.6 is 22.6 Å². The number of furan rings is 1. The second kappa shape index (κ2) is 5.47. The van der Waals surface area contributed by atoms with Crippen LogP contribution < -0.4 is 5.73 Å². The fourth-order valence-electron chi connectivity index (χ4n) is 2.49. The molecule has 3 aromatic rings. The van der Waals surface area contributed by atoms with Gasteiger partial charge in [-0.15, -0.1) is 0 Å². The molecule has 2 aromatic heterocycles. The lowest BCUT2D eigenvalue weighted by molar-refractivity contribution is 0.460. The summed E-state index contributed by atoms with van der Waals surface area (Å²) in [5, 5.41) is 0. The van der Waals surface area contributed by atoms with Crippen LogP contribution in [0.5, 0.6) is 0 Å². The highest BCUT2D eigenvalue weighted by Crippen LogP contribution is 2.26. The van der Waals surface area contributed by atoms with Crippen LogP contribution in [0.3, 0.4) is 0 Å². The first-order valence-electron chi connectivity index (χ1n) is 6.60. The van der Waals surface area contributed by atoms with Crippen molar-refractivity contribution >= 4 is 39.6 Å². The number of nitrogens with zero attached hydrogens (tertiary/aromatic N) is 2. The Morgan fingerprint density at radius 1 is 1.40 bits per heavy atom. The Morgan fingerprint density at radius 3 is 3.00 bits per heavy atom. The topological polar surface area (TPSA) is 57.0 Å². The van der Waals surface area contributed by atoms with Gasteiger partial charge in [-0.2, -0.15) is 0 Å². The molecule has 104 valence electrons. The average molecular weight is 381 g/mol. The summed E-state index contributed by atoms with van der Waals surface area (Å²) in [6.45, 7) is 2.17. The Hall–Kier alpha value is -1.50. The van der Waals surface area contributed by atoms with Gasteiger partial charge in [0, 0.05) is 16.0 Å². The summed E-state index contributed by atoms with van der Waals surface area (Å²) in [7, 11) is 0. The zero-order valence-electron chi connectivity index (χ0n) is 11.2. The van der Waals surface area contributed by atoms with E-state index in [1.165, 1.54) is 3.57 Å². The molecule has 0 fully saturated rings. The molecule has 3 rings (SSSR count). The highest BCUT2D eigenvalue weighted by Gasteiger charge is 2.14. The number of hydrogen-bond acceptors (Lipinski definition) is 3. The number of imidazole rings is 1. The molecule has 20 heavy (non-hydrogen) atoms. The monoisotopic (exact) mass is 381 g/mol. The van der Waals surface area contributed by atoms with Gasteiger partial charge in [-0.3, -0.25) is 0 Å². The Labute approximate surface area is 131 Å². The van der Waals surface area contributed by atoms with Crippen molar-refractivity contribution in [3.05, 3.63) is 45.9 Å². The minimum Gasteiger partial charge on any atom is -0.469 e. The second-order valence-electron chi connectivity index (χ2n) is 4.94. The SMILES string of the molecule is CC(CCc1ccco1)n1c(N)nc2cc(I)ccc21. The highest BCUT2D eigenvalue weighted by molar-refractivity contribution is 14.1. The van der Waals surface area contributed by atoms with Crippen molar-refractivity contribution < 1.29 is 4.42 Å². The van der Waals surface area contributed by atoms with Gasteiger partial charge in [-0.25, -0.2) is 4.98 Å². The predicted molar refractivity (Wildman–Crippen MR) is 88.6 cm³/mol. The first-order chi connectivity index (χ1) is 9.65. The number of halogens is 1. The van der Waals surface area contributed by atoms with Crippen molar-refractivity contribution in [2.75, 3.05) is 5.73 Å². The van der Waals surface area contributed by atoms with Crippen molar-refractivity contribution in [2.45, 2.75) is 25.8 Å². The molecule has 1 unspecified atom stereocenters. The first-order valence-corrected chi connectivity index (χ1v) is 7.68. The zero-order chi connectivity index (χ0) is 14.1. The smallest absolute Gasteiger partial charge is 0.201 e. The summed E-state index contributed by atoms with van der Waals surface area (Å²) in [6.07, 6.45) is 3.58. The number of hydrogen-bond donors (Lipinski definition) is 1. The fourth-order valence-corrected chi connectivity index (χ4v) is 2.96. The van der Waals surface area contributed by atoms with Crippen molar-refractivity contribution in [2.24, 2.45) is 0 Å². The van der Waals surface area contributed by atoms with Gasteiger partial charge in [0.1, 0.15) is 5.76 Å². The molecule has 0 bridgehead atoms. The minimum atomic E-state index is 0.283. The van der Waals surface area contributed by atoms with Crippen LogP contribution in [-0.4, -0.2) is 9.55 Å². The van der Waals surface area contributed by atoms with Gasteiger partial charge in [0.25, 0.3) is 0 Å². The third-order valence-electron chi connectivity index (χ3n) is 3.51. The molecule has 0 aliphatic heterocycles. The van der Waals surface area contributed by atoms with E-state index in [-0.39, 0.29) is 6.04 Å². The van der Waals surface area contributed by atoms with Gasteiger partial charge in [0.15, 0.2) is 0 Å². The van der Waals surface area contributed by atoms with E-state index in [0.29, 0.717) is 5.95 Å². The van der Waals surface area contributed by atoms with E-state index in [4.69, 9.17) is 10.2 Å². The Bertz CT molecular complexity index is 718. The molecule has 4 nitrogen and oxygen atoms in total. The van der Waals surface area contributed by atoms with Gasteiger partial charge in [0.05, 0.1) is 17.3 Å². The highest BCUT2D eigenvalue weighted by atomic mass is 127. The summed E-state index contributed by atoms with van der Waals surface area (Å²) in [5.74, 6) is 1.59. The van der Waals surface area contributed by atoms with Crippen LogP contribution in [0.15, 0.2) is 41.0 Å². The van der Waals surface area contributed by atoms with E-state index >= 15 is 0 Å². The van der Waals surface area contributed by atoms with Crippen molar-refractivity contribution in [1.29, 1.82) is 0 Å². The molecule has 2 heterocycles. The Balaban J connectivity index is 1.87. The molecule has 1 atom stereocenters. The third-order valence-corrected chi connectivity index (χ3v) is 4.18. The van der Waals surface area contributed by atoms with Crippen molar-refractivity contribution in [3.63, 3.8) is 0 Å². The maximum absolute atomic E-state index is 6.08. The molecular weight excluding hydrogens is 365 g/mol. The van der Waals surface area contributed by atoms with E-state index in [1.807, 2.05) is 12.1 Å². The Morgan fingerprint density at radius 2 is 2.25 bits per heavy atom. The maximum Gasteiger partial charge on any atom is 0.201 e. The number of benzene rings is 1. The molecule has 5 heteroatoms. The third kappa shape index (κ3) is 2.54. The van der Waals surface area contributed by atoms with E-state index in [2.05, 4.69) is 57.3 Å². The van der Waals surface area contributed by atoms with Crippen molar-refractivity contribution in [1.82, 2.24) is 9.55 Å². The second-order valence-corrected chi connectivity index (χ2v) is 6.19. The lowest BCUT2D eigenvalue weighted by Gasteiger charge is -2.15. The summed E-state index contributed by atoms with van der Waals surface area (Å²) < 4.78 is 8.65. The van der Waals surface area contributed by atoms with Crippen LogP contribution in [0.2, 0.25) is 0 Å². The zero-order valence-corrected chi connectivity index (χ0v) is 13.4. The van der Waals surface area contributed by atoms with Crippen LogP contribution in [0.4, 0.5) is 5.95 Å². The largest absolute Gasteiger partial charge is 0.469 e. The number of nitrogens with two attached hydrogens (primary N) is 1.